The zero-order chi connectivity index (χ0) is 44.6. The summed E-state index contributed by atoms with van der Waals surface area (Å²) in [7, 11) is 0. The number of hydrogen-bond donors (Lipinski definition) is 0. The van der Waals surface area contributed by atoms with Crippen LogP contribution in [0.2, 0.25) is 0 Å². The van der Waals surface area contributed by atoms with Crippen molar-refractivity contribution in [2.75, 3.05) is 9.80 Å². The Morgan fingerprint density at radius 1 is 0.269 bits per heavy atom. The van der Waals surface area contributed by atoms with E-state index in [1.54, 1.807) is 0 Å². The molecule has 0 amide bonds. The van der Waals surface area contributed by atoms with Crippen molar-refractivity contribution in [3.63, 3.8) is 0 Å². The van der Waals surface area contributed by atoms with Crippen LogP contribution in [0.3, 0.4) is 0 Å². The molecule has 0 atom stereocenters. The van der Waals surface area contributed by atoms with Gasteiger partial charge in [-0.05, 0) is 128 Å². The van der Waals surface area contributed by atoms with Crippen LogP contribution < -0.4 is 9.80 Å². The van der Waals surface area contributed by atoms with Gasteiger partial charge in [0.1, 0.15) is 0 Å². The lowest BCUT2D eigenvalue weighted by Gasteiger charge is -2.35. The van der Waals surface area contributed by atoms with E-state index in [1.165, 1.54) is 66.4 Å². The molecule has 0 unspecified atom stereocenters. The van der Waals surface area contributed by atoms with Gasteiger partial charge in [-0.1, -0.05) is 212 Å². The van der Waals surface area contributed by atoms with Gasteiger partial charge in [0, 0.05) is 34.0 Å². The van der Waals surface area contributed by atoms with E-state index >= 15 is 0 Å². The van der Waals surface area contributed by atoms with Crippen molar-refractivity contribution in [3.8, 4) is 33.4 Å². The van der Waals surface area contributed by atoms with Gasteiger partial charge in [-0.2, -0.15) is 0 Å². The van der Waals surface area contributed by atoms with Crippen LogP contribution in [0.5, 0.6) is 0 Å². The fourth-order valence-corrected chi connectivity index (χ4v) is 10.6. The SMILES string of the molecule is c1ccc(-c2ccc(N(c3ccc(N(c4ccccc4)c4ccc5ccccc5c4-c4ccccc4)cc3)c3ccc4c(c3)C(c3ccccc3)(c3ccccc3)c3ccccc3-4)cc2)cc1. The Balaban J connectivity index is 1.05. The minimum atomic E-state index is -0.524. The Morgan fingerprint density at radius 2 is 0.716 bits per heavy atom. The van der Waals surface area contributed by atoms with Crippen LogP contribution in [0.15, 0.2) is 279 Å². The number of hydrogen-bond acceptors (Lipinski definition) is 2. The van der Waals surface area contributed by atoms with Crippen molar-refractivity contribution < 1.29 is 0 Å². The fraction of sp³-hybridized carbons (Fsp3) is 0.0154. The molecule has 12 rings (SSSR count). The van der Waals surface area contributed by atoms with Gasteiger partial charge in [-0.3, -0.25) is 0 Å². The molecular formula is C65H46N2. The van der Waals surface area contributed by atoms with Crippen LogP contribution in [-0.4, -0.2) is 0 Å². The second kappa shape index (κ2) is 17.0. The third-order valence-corrected chi connectivity index (χ3v) is 13.5. The topological polar surface area (TPSA) is 6.48 Å². The normalized spacial score (nSPS) is 12.3. The zero-order valence-electron chi connectivity index (χ0n) is 37.0. The number of rotatable bonds is 10. The van der Waals surface area contributed by atoms with Crippen LogP contribution in [0.4, 0.5) is 34.1 Å². The van der Waals surface area contributed by atoms with E-state index in [0.29, 0.717) is 0 Å². The second-order valence-corrected chi connectivity index (χ2v) is 17.2. The van der Waals surface area contributed by atoms with Gasteiger partial charge in [0.05, 0.1) is 11.1 Å². The molecule has 0 N–H and O–H groups in total. The highest BCUT2D eigenvalue weighted by Gasteiger charge is 2.46. The number of benzene rings is 11. The van der Waals surface area contributed by atoms with Crippen LogP contribution >= 0.6 is 0 Å². The molecule has 0 aliphatic heterocycles. The first-order valence-corrected chi connectivity index (χ1v) is 23.1. The van der Waals surface area contributed by atoms with E-state index in [1.807, 2.05) is 0 Å². The lowest BCUT2D eigenvalue weighted by atomic mass is 9.67. The summed E-state index contributed by atoms with van der Waals surface area (Å²) in [5.41, 5.74) is 18.3. The van der Waals surface area contributed by atoms with E-state index in [4.69, 9.17) is 0 Å². The molecule has 11 aromatic rings. The van der Waals surface area contributed by atoms with Crippen LogP contribution in [-0.2, 0) is 5.41 Å². The molecule has 1 aliphatic rings. The second-order valence-electron chi connectivity index (χ2n) is 17.2. The van der Waals surface area contributed by atoms with Crippen LogP contribution in [0.25, 0.3) is 44.2 Å². The van der Waals surface area contributed by atoms with Gasteiger partial charge in [-0.15, -0.1) is 0 Å². The molecule has 2 heteroatoms. The molecular weight excluding hydrogens is 809 g/mol. The van der Waals surface area contributed by atoms with Gasteiger partial charge in [0.2, 0.25) is 0 Å². The minimum absolute atomic E-state index is 0.524. The fourth-order valence-electron chi connectivity index (χ4n) is 10.6. The molecule has 0 bridgehead atoms. The predicted octanol–water partition coefficient (Wildman–Crippen LogP) is 17.5. The standard InChI is InChI=1S/C65H46N2/c1-6-20-47(21-7-1)48-34-37-54(38-35-48)66(57-43-44-60-59-32-18-19-33-61(59)65(62(60)46-57,51-25-10-3-11-26-51)52-27-12-4-13-28-52)55-39-41-56(42-40-55)67(53-29-14-5-15-30-53)63-45-36-49-22-16-17-31-58(49)64(63)50-23-8-2-9-24-50/h1-46H. The van der Waals surface area contributed by atoms with E-state index in [-0.39, 0.29) is 0 Å². The molecule has 0 radical (unpaired) electrons. The van der Waals surface area contributed by atoms with Gasteiger partial charge in [0.25, 0.3) is 0 Å². The maximum Gasteiger partial charge on any atom is 0.0714 e. The van der Waals surface area contributed by atoms with E-state index in [0.717, 1.165) is 34.1 Å². The highest BCUT2D eigenvalue weighted by atomic mass is 15.2. The predicted molar refractivity (Wildman–Crippen MR) is 281 cm³/mol. The van der Waals surface area contributed by atoms with Gasteiger partial charge in [-0.25, -0.2) is 0 Å². The number of para-hydroxylation sites is 1. The molecule has 316 valence electrons. The largest absolute Gasteiger partial charge is 0.310 e. The highest BCUT2D eigenvalue weighted by molar-refractivity contribution is 6.05. The maximum atomic E-state index is 2.45. The molecule has 1 aliphatic carbocycles. The monoisotopic (exact) mass is 854 g/mol. The molecule has 0 fully saturated rings. The van der Waals surface area contributed by atoms with E-state index in [2.05, 4.69) is 289 Å². The third-order valence-electron chi connectivity index (χ3n) is 13.5. The average Bonchev–Trinajstić information content (AvgIpc) is 3.71. The van der Waals surface area contributed by atoms with Crippen molar-refractivity contribution in [3.05, 3.63) is 301 Å². The first-order valence-electron chi connectivity index (χ1n) is 23.1. The number of anilines is 6. The summed E-state index contributed by atoms with van der Waals surface area (Å²) >= 11 is 0. The van der Waals surface area contributed by atoms with Crippen molar-refractivity contribution in [2.24, 2.45) is 0 Å². The molecule has 0 saturated heterocycles. The molecule has 0 saturated carbocycles. The average molecular weight is 855 g/mol. The van der Waals surface area contributed by atoms with Crippen molar-refractivity contribution in [2.45, 2.75) is 5.41 Å². The Labute approximate surface area is 393 Å². The first kappa shape index (κ1) is 39.8. The molecule has 0 aromatic heterocycles. The smallest absolute Gasteiger partial charge is 0.0714 e. The summed E-state index contributed by atoms with van der Waals surface area (Å²) in [4.78, 5) is 4.82. The van der Waals surface area contributed by atoms with E-state index in [9.17, 15) is 0 Å². The Bertz CT molecular complexity index is 3440. The number of fused-ring (bicyclic) bond motifs is 4. The summed E-state index contributed by atoms with van der Waals surface area (Å²) in [6.07, 6.45) is 0. The molecule has 67 heavy (non-hydrogen) atoms. The van der Waals surface area contributed by atoms with Crippen molar-refractivity contribution in [1.29, 1.82) is 0 Å². The summed E-state index contributed by atoms with van der Waals surface area (Å²) in [6.45, 7) is 0. The molecule has 2 nitrogen and oxygen atoms in total. The first-order chi connectivity index (χ1) is 33.3. The molecule has 0 heterocycles. The van der Waals surface area contributed by atoms with Gasteiger partial charge < -0.3 is 9.80 Å². The summed E-state index contributed by atoms with van der Waals surface area (Å²) in [6, 6.07) is 102. The Hall–Kier alpha value is -8.72. The Morgan fingerprint density at radius 3 is 1.36 bits per heavy atom. The summed E-state index contributed by atoms with van der Waals surface area (Å²) in [5, 5.41) is 2.43. The van der Waals surface area contributed by atoms with Crippen LogP contribution in [0, 0.1) is 0 Å². The molecule has 11 aromatic carbocycles. The van der Waals surface area contributed by atoms with Crippen molar-refractivity contribution >= 4 is 44.9 Å². The summed E-state index contributed by atoms with van der Waals surface area (Å²) < 4.78 is 0. The highest BCUT2D eigenvalue weighted by Crippen LogP contribution is 2.57. The molecule has 0 spiro atoms. The maximum absolute atomic E-state index is 2.45. The number of nitrogens with zero attached hydrogens (tertiary/aromatic N) is 2. The quantitative estimate of drug-likeness (QED) is 0.135. The van der Waals surface area contributed by atoms with Crippen molar-refractivity contribution in [1.82, 2.24) is 0 Å². The van der Waals surface area contributed by atoms with Gasteiger partial charge in [0.15, 0.2) is 0 Å². The minimum Gasteiger partial charge on any atom is -0.310 e. The van der Waals surface area contributed by atoms with E-state index < -0.39 is 5.41 Å². The summed E-state index contributed by atoms with van der Waals surface area (Å²) in [5.74, 6) is 0. The van der Waals surface area contributed by atoms with Gasteiger partial charge >= 0.3 is 0 Å². The third kappa shape index (κ3) is 6.90. The zero-order valence-corrected chi connectivity index (χ0v) is 37.0. The Kier molecular flexibility index (Phi) is 10.1. The van der Waals surface area contributed by atoms with Crippen LogP contribution in [0.1, 0.15) is 22.3 Å². The lowest BCUT2D eigenvalue weighted by molar-refractivity contribution is 0.768. The lowest BCUT2D eigenvalue weighted by Crippen LogP contribution is -2.28.